The first-order chi connectivity index (χ1) is 11.8. The van der Waals surface area contributed by atoms with E-state index in [9.17, 15) is 22.0 Å². The van der Waals surface area contributed by atoms with Gasteiger partial charge in [0.1, 0.15) is 0 Å². The Morgan fingerprint density at radius 2 is 1.56 bits per heavy atom. The van der Waals surface area contributed by atoms with Crippen molar-refractivity contribution in [1.29, 1.82) is 0 Å². The summed E-state index contributed by atoms with van der Waals surface area (Å²) < 4.78 is 66.8. The van der Waals surface area contributed by atoms with Gasteiger partial charge in [0.25, 0.3) is 0 Å². The molecule has 0 aliphatic carbocycles. The lowest BCUT2D eigenvalue weighted by Gasteiger charge is -2.09. The van der Waals surface area contributed by atoms with Gasteiger partial charge in [-0.05, 0) is 37.9 Å². The molecular formula is C15H13BrF2O5PS. The fraction of sp³-hybridized carbons (Fsp3) is 0.200. The normalized spacial score (nSPS) is 12.3. The Bertz CT molecular complexity index is 866. The average Bonchev–Trinajstić information content (AvgIpc) is 2.56. The summed E-state index contributed by atoms with van der Waals surface area (Å²) in [5, 5.41) is 0. The molecule has 0 fully saturated rings. The molecule has 0 aromatic heterocycles. The van der Waals surface area contributed by atoms with E-state index < -0.39 is 23.6 Å². The van der Waals surface area contributed by atoms with Crippen LogP contribution in [0, 0.1) is 6.07 Å². The molecular weight excluding hydrogens is 441 g/mol. The van der Waals surface area contributed by atoms with Crippen LogP contribution in [0.15, 0.2) is 46.9 Å². The van der Waals surface area contributed by atoms with Gasteiger partial charge in [-0.2, -0.15) is 0 Å². The van der Waals surface area contributed by atoms with Gasteiger partial charge in [0.05, 0.1) is 17.7 Å². The Labute approximate surface area is 152 Å². The van der Waals surface area contributed by atoms with E-state index >= 15 is 0 Å². The fourth-order valence-electron chi connectivity index (χ4n) is 2.15. The minimum Gasteiger partial charge on any atom is -0.254 e. The number of sulfone groups is 1. The molecule has 0 bridgehead atoms. The minimum atomic E-state index is -4.47. The molecule has 2 aromatic carbocycles. The molecule has 0 N–H and O–H groups in total. The Balaban J connectivity index is 2.06. The zero-order chi connectivity index (χ0) is 18.5. The van der Waals surface area contributed by atoms with Crippen LogP contribution in [0.4, 0.5) is 9.05 Å². The Morgan fingerprint density at radius 1 is 1.00 bits per heavy atom. The maximum absolute atomic E-state index is 12.3. The second-order valence-corrected chi connectivity index (χ2v) is 10.0. The molecule has 0 aliphatic rings. The first-order valence-electron chi connectivity index (χ1n) is 6.89. The molecule has 25 heavy (non-hydrogen) atoms. The molecule has 5 nitrogen and oxygen atoms in total. The quantitative estimate of drug-likeness (QED) is 0.533. The van der Waals surface area contributed by atoms with E-state index in [0.717, 1.165) is 0 Å². The molecule has 0 spiro atoms. The number of halogens is 3. The lowest BCUT2D eigenvalue weighted by Crippen LogP contribution is -2.07. The van der Waals surface area contributed by atoms with E-state index in [1.165, 1.54) is 24.3 Å². The highest BCUT2D eigenvalue weighted by Gasteiger charge is 2.28. The maximum Gasteiger partial charge on any atom is 0.399 e. The zero-order valence-corrected chi connectivity index (χ0v) is 16.0. The third-order valence-corrected chi connectivity index (χ3v) is 6.39. The molecule has 0 aliphatic heterocycles. The van der Waals surface area contributed by atoms with Gasteiger partial charge in [-0.15, -0.1) is 9.46 Å². The number of hydrogen-bond acceptors (Lipinski definition) is 5. The van der Waals surface area contributed by atoms with Crippen molar-refractivity contribution in [2.24, 2.45) is 0 Å². The van der Waals surface area contributed by atoms with Crippen LogP contribution in [0.1, 0.15) is 16.7 Å². The van der Waals surface area contributed by atoms with E-state index in [2.05, 4.69) is 31.5 Å². The van der Waals surface area contributed by atoms with E-state index in [0.29, 0.717) is 15.6 Å². The van der Waals surface area contributed by atoms with E-state index in [-0.39, 0.29) is 17.1 Å². The number of benzene rings is 2. The second-order valence-electron chi connectivity index (χ2n) is 5.30. The van der Waals surface area contributed by atoms with Gasteiger partial charge in [0, 0.05) is 4.47 Å². The summed E-state index contributed by atoms with van der Waals surface area (Å²) in [4.78, 5) is 0. The van der Waals surface area contributed by atoms with Crippen molar-refractivity contribution in [2.45, 2.75) is 17.7 Å². The van der Waals surface area contributed by atoms with Crippen molar-refractivity contribution in [1.82, 2.24) is 0 Å². The summed E-state index contributed by atoms with van der Waals surface area (Å²) in [6, 6.07) is 13.6. The summed E-state index contributed by atoms with van der Waals surface area (Å²) in [6.45, 7) is 0. The van der Waals surface area contributed by atoms with Crippen LogP contribution in [0.5, 0.6) is 0 Å². The molecule has 0 atom stereocenters. The highest BCUT2D eigenvalue weighted by atomic mass is 79.9. The molecule has 135 valence electrons. The first kappa shape index (κ1) is 20.2. The van der Waals surface area contributed by atoms with Gasteiger partial charge >= 0.3 is 7.60 Å². The molecule has 2 rings (SSSR count). The Hall–Kier alpha value is -1.12. The van der Waals surface area contributed by atoms with Gasteiger partial charge in [-0.1, -0.05) is 52.3 Å². The van der Waals surface area contributed by atoms with Crippen molar-refractivity contribution >= 4 is 33.4 Å². The van der Waals surface area contributed by atoms with Crippen LogP contribution in [-0.4, -0.2) is 8.42 Å². The minimum absolute atomic E-state index is 0.136. The smallest absolute Gasteiger partial charge is 0.254 e. The predicted molar refractivity (Wildman–Crippen MR) is 91.4 cm³/mol. The van der Waals surface area contributed by atoms with Crippen LogP contribution >= 0.6 is 23.5 Å². The third kappa shape index (κ3) is 6.27. The predicted octanol–water partition coefficient (Wildman–Crippen LogP) is 4.86. The standard InChI is InChI=1S/C15H13BrF2O5PS/c16-15-3-1-2-14(8-15)11-25(20,21)10-13-6-4-12(5-7-13)9-24(19,22-17)23-18/h1-2,4-8H,9-11H2. The maximum atomic E-state index is 12.3. The summed E-state index contributed by atoms with van der Waals surface area (Å²) in [6.07, 6.45) is -0.610. The molecule has 1 radical (unpaired) electrons. The van der Waals surface area contributed by atoms with Crippen molar-refractivity contribution in [3.63, 3.8) is 0 Å². The fourth-order valence-corrected chi connectivity index (χ4v) is 4.85. The van der Waals surface area contributed by atoms with Gasteiger partial charge < -0.3 is 0 Å². The first-order valence-corrected chi connectivity index (χ1v) is 11.2. The topological polar surface area (TPSA) is 69.7 Å². The SMILES string of the molecule is O=P(Cc1ccc(CS(=O)(=O)Cc2cc[c]c(Br)c2)cc1)(OF)OF. The molecule has 10 heteroatoms. The van der Waals surface area contributed by atoms with Crippen molar-refractivity contribution in [3.05, 3.63) is 69.7 Å². The van der Waals surface area contributed by atoms with Gasteiger partial charge in [-0.25, -0.2) is 8.42 Å². The number of rotatable bonds is 8. The van der Waals surface area contributed by atoms with Gasteiger partial charge in [0.15, 0.2) is 9.84 Å². The molecule has 0 heterocycles. The monoisotopic (exact) mass is 453 g/mol. The zero-order valence-electron chi connectivity index (χ0n) is 12.7. The van der Waals surface area contributed by atoms with E-state index in [1.807, 2.05) is 0 Å². The third-order valence-electron chi connectivity index (χ3n) is 3.21. The second kappa shape index (κ2) is 8.51. The van der Waals surface area contributed by atoms with Crippen LogP contribution < -0.4 is 0 Å². The van der Waals surface area contributed by atoms with Crippen LogP contribution in [-0.2, 0) is 41.5 Å². The average molecular weight is 454 g/mol. The summed E-state index contributed by atoms with van der Waals surface area (Å²) in [5.74, 6) is -0.344. The Kier molecular flexibility index (Phi) is 6.87. The van der Waals surface area contributed by atoms with Gasteiger partial charge in [-0.3, -0.25) is 4.57 Å². The van der Waals surface area contributed by atoms with Crippen LogP contribution in [0.3, 0.4) is 0 Å². The lowest BCUT2D eigenvalue weighted by molar-refractivity contribution is -0.0881. The molecule has 0 saturated heterocycles. The van der Waals surface area contributed by atoms with Crippen LogP contribution in [0.2, 0.25) is 0 Å². The van der Waals surface area contributed by atoms with Crippen LogP contribution in [0.25, 0.3) is 0 Å². The van der Waals surface area contributed by atoms with Crippen molar-refractivity contribution in [3.8, 4) is 0 Å². The largest absolute Gasteiger partial charge is 0.399 e. The van der Waals surface area contributed by atoms with Crippen molar-refractivity contribution < 1.29 is 31.5 Å². The molecule has 0 amide bonds. The van der Waals surface area contributed by atoms with E-state index in [4.69, 9.17) is 0 Å². The molecule has 2 aromatic rings. The molecule has 0 saturated carbocycles. The summed E-state index contributed by atoms with van der Waals surface area (Å²) >= 11 is 3.23. The van der Waals surface area contributed by atoms with Crippen molar-refractivity contribution in [2.75, 3.05) is 0 Å². The molecule has 0 unspecified atom stereocenters. The number of hydrogen-bond donors (Lipinski definition) is 0. The highest BCUT2D eigenvalue weighted by Crippen LogP contribution is 2.52. The van der Waals surface area contributed by atoms with Gasteiger partial charge in [0.2, 0.25) is 0 Å². The lowest BCUT2D eigenvalue weighted by atomic mass is 10.2. The van der Waals surface area contributed by atoms with E-state index in [1.54, 1.807) is 18.2 Å². The Morgan fingerprint density at radius 3 is 2.12 bits per heavy atom. The summed E-state index contributed by atoms with van der Waals surface area (Å²) in [5.41, 5.74) is 1.40. The highest BCUT2D eigenvalue weighted by molar-refractivity contribution is 9.10. The summed E-state index contributed by atoms with van der Waals surface area (Å²) in [7, 11) is -7.89.